The van der Waals surface area contributed by atoms with E-state index >= 15 is 0 Å². The van der Waals surface area contributed by atoms with Crippen LogP contribution >= 0.6 is 0 Å². The number of hydrogen-bond acceptors (Lipinski definition) is 4. The van der Waals surface area contributed by atoms with Crippen LogP contribution in [0.3, 0.4) is 0 Å². The van der Waals surface area contributed by atoms with Crippen molar-refractivity contribution >= 4 is 16.9 Å². The van der Waals surface area contributed by atoms with E-state index in [9.17, 15) is 4.79 Å². The number of H-pyrrole nitrogens is 1. The number of carbonyl (C=O) groups excluding carboxylic acids is 1. The number of carbonyl (C=O) groups is 1. The average molecular weight is 273 g/mol. The van der Waals surface area contributed by atoms with Crippen molar-refractivity contribution in [3.05, 3.63) is 30.1 Å². The Morgan fingerprint density at radius 2 is 2.50 bits per heavy atom. The molecule has 3 N–H and O–H groups in total. The largest absolute Gasteiger partial charge is 0.358 e. The predicted octanol–water partition coefficient (Wildman–Crippen LogP) is 0.0827. The Bertz CT molecular complexity index is 608. The number of piperazine rings is 1. The molecule has 2 aromatic heterocycles. The molecule has 3 heterocycles. The molecule has 0 aliphatic carbocycles. The Morgan fingerprint density at radius 1 is 1.60 bits per heavy atom. The number of hydrogen-bond donors (Lipinski definition) is 3. The van der Waals surface area contributed by atoms with Crippen LogP contribution in [0.5, 0.6) is 0 Å². The molecule has 1 unspecified atom stereocenters. The molecule has 1 saturated heterocycles. The molecule has 3 rings (SSSR count). The van der Waals surface area contributed by atoms with Crippen LogP contribution in [0.15, 0.2) is 24.5 Å². The highest BCUT2D eigenvalue weighted by molar-refractivity contribution is 5.82. The van der Waals surface area contributed by atoms with Crippen LogP contribution in [0.2, 0.25) is 0 Å². The number of amides is 1. The monoisotopic (exact) mass is 273 g/mol. The second-order valence-corrected chi connectivity index (χ2v) is 5.02. The molecule has 0 aromatic carbocycles. The second-order valence-electron chi connectivity index (χ2n) is 5.02. The van der Waals surface area contributed by atoms with E-state index in [1.165, 1.54) is 5.56 Å². The topological polar surface area (TPSA) is 73.1 Å². The molecule has 106 valence electrons. The highest BCUT2D eigenvalue weighted by Gasteiger charge is 2.28. The van der Waals surface area contributed by atoms with Gasteiger partial charge in [-0.05, 0) is 17.7 Å². The maximum atomic E-state index is 12.0. The van der Waals surface area contributed by atoms with Crippen molar-refractivity contribution < 1.29 is 4.79 Å². The molecule has 1 aliphatic rings. The van der Waals surface area contributed by atoms with Crippen LogP contribution in [-0.2, 0) is 11.3 Å². The minimum absolute atomic E-state index is 0.0650. The van der Waals surface area contributed by atoms with Crippen molar-refractivity contribution in [2.24, 2.45) is 0 Å². The van der Waals surface area contributed by atoms with Crippen molar-refractivity contribution in [3.8, 4) is 0 Å². The first-order chi connectivity index (χ1) is 9.79. The molecule has 1 aliphatic heterocycles. The third-order valence-electron chi connectivity index (χ3n) is 3.81. The fourth-order valence-corrected chi connectivity index (χ4v) is 2.72. The number of likely N-dealkylation sites (N-methyl/N-ethyl adjacent to an activating group) is 1. The van der Waals surface area contributed by atoms with E-state index in [2.05, 4.69) is 31.6 Å². The summed E-state index contributed by atoms with van der Waals surface area (Å²) in [6.07, 6.45) is 3.77. The van der Waals surface area contributed by atoms with Gasteiger partial charge in [0, 0.05) is 51.0 Å². The molecule has 6 nitrogen and oxygen atoms in total. The third-order valence-corrected chi connectivity index (χ3v) is 3.81. The zero-order valence-corrected chi connectivity index (χ0v) is 11.5. The fourth-order valence-electron chi connectivity index (χ4n) is 2.72. The van der Waals surface area contributed by atoms with Gasteiger partial charge < -0.3 is 15.6 Å². The Morgan fingerprint density at radius 3 is 3.35 bits per heavy atom. The third kappa shape index (κ3) is 2.39. The molecule has 0 bridgehead atoms. The number of nitrogens with zero attached hydrogens (tertiary/aromatic N) is 2. The van der Waals surface area contributed by atoms with Crippen LogP contribution in [0, 0.1) is 0 Å². The van der Waals surface area contributed by atoms with Gasteiger partial charge in [0.1, 0.15) is 11.7 Å². The molecule has 20 heavy (non-hydrogen) atoms. The summed E-state index contributed by atoms with van der Waals surface area (Å²) in [4.78, 5) is 21.7. The van der Waals surface area contributed by atoms with Gasteiger partial charge in [-0.25, -0.2) is 4.98 Å². The van der Waals surface area contributed by atoms with Gasteiger partial charge in [-0.1, -0.05) is 0 Å². The standard InChI is InChI=1S/C14H19N5O/c1-15-14(20)12-8-16-5-6-19(12)9-10-7-18-13-11(10)3-2-4-17-13/h2-4,7,12,16H,5-6,8-9H2,1H3,(H,15,20)(H,17,18). The van der Waals surface area contributed by atoms with Gasteiger partial charge in [0.2, 0.25) is 5.91 Å². The van der Waals surface area contributed by atoms with Gasteiger partial charge in [-0.3, -0.25) is 9.69 Å². The smallest absolute Gasteiger partial charge is 0.238 e. The maximum Gasteiger partial charge on any atom is 0.238 e. The number of rotatable bonds is 3. The first-order valence-electron chi connectivity index (χ1n) is 6.87. The normalized spacial score (nSPS) is 20.1. The van der Waals surface area contributed by atoms with Crippen molar-refractivity contribution in [3.63, 3.8) is 0 Å². The Labute approximate surface area is 117 Å². The minimum Gasteiger partial charge on any atom is -0.358 e. The van der Waals surface area contributed by atoms with E-state index in [4.69, 9.17) is 0 Å². The lowest BCUT2D eigenvalue weighted by molar-refractivity contribution is -0.126. The minimum atomic E-state index is -0.115. The number of nitrogens with one attached hydrogen (secondary N) is 3. The van der Waals surface area contributed by atoms with Gasteiger partial charge in [0.05, 0.1) is 0 Å². The van der Waals surface area contributed by atoms with Crippen molar-refractivity contribution in [1.82, 2.24) is 25.5 Å². The number of aromatic amines is 1. The summed E-state index contributed by atoms with van der Waals surface area (Å²) in [5.41, 5.74) is 2.08. The van der Waals surface area contributed by atoms with Crippen LogP contribution < -0.4 is 10.6 Å². The molecule has 6 heteroatoms. The van der Waals surface area contributed by atoms with E-state index < -0.39 is 0 Å². The molecule has 1 amide bonds. The van der Waals surface area contributed by atoms with E-state index in [0.29, 0.717) is 6.54 Å². The summed E-state index contributed by atoms with van der Waals surface area (Å²) >= 11 is 0. The molecule has 2 aromatic rings. The first-order valence-corrected chi connectivity index (χ1v) is 6.87. The van der Waals surface area contributed by atoms with Crippen LogP contribution in [0.1, 0.15) is 5.56 Å². The molecule has 1 fully saturated rings. The van der Waals surface area contributed by atoms with Gasteiger partial charge in [-0.2, -0.15) is 0 Å². The van der Waals surface area contributed by atoms with E-state index in [-0.39, 0.29) is 11.9 Å². The summed E-state index contributed by atoms with van der Waals surface area (Å²) in [6, 6.07) is 3.88. The summed E-state index contributed by atoms with van der Waals surface area (Å²) < 4.78 is 0. The molecule has 0 saturated carbocycles. The summed E-state index contributed by atoms with van der Waals surface area (Å²) in [6.45, 7) is 3.23. The van der Waals surface area contributed by atoms with Crippen molar-refractivity contribution in [2.45, 2.75) is 12.6 Å². The fraction of sp³-hybridized carbons (Fsp3) is 0.429. The van der Waals surface area contributed by atoms with Crippen LogP contribution in [0.25, 0.3) is 11.0 Å². The van der Waals surface area contributed by atoms with E-state index in [1.54, 1.807) is 13.2 Å². The Kier molecular flexibility index (Phi) is 3.66. The quantitative estimate of drug-likeness (QED) is 0.740. The first kappa shape index (κ1) is 13.1. The van der Waals surface area contributed by atoms with Crippen molar-refractivity contribution in [2.75, 3.05) is 26.7 Å². The predicted molar refractivity (Wildman–Crippen MR) is 77.2 cm³/mol. The molecular formula is C14H19N5O. The molecule has 0 spiro atoms. The van der Waals surface area contributed by atoms with Gasteiger partial charge in [0.15, 0.2) is 0 Å². The second kappa shape index (κ2) is 5.60. The number of pyridine rings is 1. The lowest BCUT2D eigenvalue weighted by Gasteiger charge is -2.34. The van der Waals surface area contributed by atoms with Gasteiger partial charge in [0.25, 0.3) is 0 Å². The summed E-state index contributed by atoms with van der Waals surface area (Å²) in [5.74, 6) is 0.0650. The zero-order chi connectivity index (χ0) is 13.9. The lowest BCUT2D eigenvalue weighted by atomic mass is 10.1. The molecular weight excluding hydrogens is 254 g/mol. The average Bonchev–Trinajstić information content (AvgIpc) is 2.90. The summed E-state index contributed by atoms with van der Waals surface area (Å²) in [7, 11) is 1.69. The highest BCUT2D eigenvalue weighted by Crippen LogP contribution is 2.19. The zero-order valence-electron chi connectivity index (χ0n) is 11.5. The number of aromatic nitrogens is 2. The Balaban J connectivity index is 1.83. The van der Waals surface area contributed by atoms with E-state index in [0.717, 1.165) is 30.7 Å². The van der Waals surface area contributed by atoms with Gasteiger partial charge >= 0.3 is 0 Å². The number of fused-ring (bicyclic) bond motifs is 1. The highest BCUT2D eigenvalue weighted by atomic mass is 16.2. The Hall–Kier alpha value is -1.92. The van der Waals surface area contributed by atoms with Crippen molar-refractivity contribution in [1.29, 1.82) is 0 Å². The van der Waals surface area contributed by atoms with Gasteiger partial charge in [-0.15, -0.1) is 0 Å². The van der Waals surface area contributed by atoms with Crippen LogP contribution in [-0.4, -0.2) is 53.5 Å². The van der Waals surface area contributed by atoms with Crippen LogP contribution in [0.4, 0.5) is 0 Å². The van der Waals surface area contributed by atoms with E-state index in [1.807, 2.05) is 12.3 Å². The molecule has 0 radical (unpaired) electrons. The summed E-state index contributed by atoms with van der Waals surface area (Å²) in [5, 5.41) is 7.14. The SMILES string of the molecule is CNC(=O)C1CNCCN1Cc1c[nH]c2ncccc12. The lowest BCUT2D eigenvalue weighted by Crippen LogP contribution is -2.56. The maximum absolute atomic E-state index is 12.0. The molecule has 1 atom stereocenters.